The van der Waals surface area contributed by atoms with Crippen LogP contribution in [0.3, 0.4) is 0 Å². The molecule has 1 aromatic rings. The van der Waals surface area contributed by atoms with Crippen molar-refractivity contribution < 1.29 is 9.59 Å². The van der Waals surface area contributed by atoms with E-state index in [0.29, 0.717) is 13.1 Å². The molecule has 5 heteroatoms. The Labute approximate surface area is 150 Å². The molecule has 5 nitrogen and oxygen atoms in total. The van der Waals surface area contributed by atoms with Gasteiger partial charge in [0.25, 0.3) is 0 Å². The predicted molar refractivity (Wildman–Crippen MR) is 98.0 cm³/mol. The first-order valence-electron chi connectivity index (χ1n) is 9.11. The lowest BCUT2D eigenvalue weighted by atomic mass is 9.79. The van der Waals surface area contributed by atoms with E-state index in [4.69, 9.17) is 0 Å². The molecule has 0 aromatic heterocycles. The topological polar surface area (TPSA) is 61.4 Å². The van der Waals surface area contributed by atoms with Crippen LogP contribution in [0.4, 0.5) is 0 Å². The maximum Gasteiger partial charge on any atom is 0.312 e. The van der Waals surface area contributed by atoms with Gasteiger partial charge in [0, 0.05) is 30.2 Å². The number of fused-ring (bicyclic) bond motifs is 1. The molecule has 1 fully saturated rings. The zero-order chi connectivity index (χ0) is 18.2. The summed E-state index contributed by atoms with van der Waals surface area (Å²) in [4.78, 5) is 26.8. The third-order valence-electron chi connectivity index (χ3n) is 5.14. The molecule has 1 aromatic carbocycles. The average Bonchev–Trinajstić information content (AvgIpc) is 2.50. The second-order valence-corrected chi connectivity index (χ2v) is 8.72. The van der Waals surface area contributed by atoms with Crippen molar-refractivity contribution in [1.82, 2.24) is 15.5 Å². The van der Waals surface area contributed by atoms with Crippen molar-refractivity contribution in [1.29, 1.82) is 0 Å². The predicted octanol–water partition coefficient (Wildman–Crippen LogP) is 2.00. The van der Waals surface area contributed by atoms with Gasteiger partial charge in [-0.05, 0) is 58.1 Å². The number of carbonyl (C=O) groups excluding carboxylic acids is 2. The maximum absolute atomic E-state index is 12.6. The van der Waals surface area contributed by atoms with Crippen LogP contribution in [0.1, 0.15) is 51.7 Å². The van der Waals surface area contributed by atoms with Gasteiger partial charge in [-0.1, -0.05) is 24.3 Å². The molecule has 2 amide bonds. The van der Waals surface area contributed by atoms with E-state index < -0.39 is 11.8 Å². The number of nitrogens with zero attached hydrogens (tertiary/aromatic N) is 1. The molecule has 1 saturated heterocycles. The Kier molecular flexibility index (Phi) is 4.62. The Morgan fingerprint density at radius 1 is 1.08 bits per heavy atom. The van der Waals surface area contributed by atoms with E-state index in [1.54, 1.807) is 4.90 Å². The van der Waals surface area contributed by atoms with E-state index in [-0.39, 0.29) is 17.1 Å². The molecule has 0 saturated carbocycles. The summed E-state index contributed by atoms with van der Waals surface area (Å²) in [5.41, 5.74) is 2.28. The summed E-state index contributed by atoms with van der Waals surface area (Å²) in [6, 6.07) is 8.14. The van der Waals surface area contributed by atoms with Gasteiger partial charge in [-0.3, -0.25) is 9.59 Å². The fourth-order valence-electron chi connectivity index (χ4n) is 4.48. The normalized spacial score (nSPS) is 22.2. The molecule has 3 rings (SSSR count). The summed E-state index contributed by atoms with van der Waals surface area (Å²) in [7, 11) is 0. The first kappa shape index (κ1) is 17.9. The number of nitrogens with one attached hydrogen (secondary N) is 2. The van der Waals surface area contributed by atoms with E-state index in [1.165, 1.54) is 5.56 Å². The summed E-state index contributed by atoms with van der Waals surface area (Å²) in [5, 5.41) is 6.57. The Morgan fingerprint density at radius 3 is 2.32 bits per heavy atom. The molecule has 0 aliphatic carbocycles. The van der Waals surface area contributed by atoms with Crippen LogP contribution in [0.5, 0.6) is 0 Å². The van der Waals surface area contributed by atoms with Crippen LogP contribution in [0, 0.1) is 0 Å². The van der Waals surface area contributed by atoms with E-state index >= 15 is 0 Å². The molecule has 0 unspecified atom stereocenters. The third-order valence-corrected chi connectivity index (χ3v) is 5.14. The molecule has 2 heterocycles. The van der Waals surface area contributed by atoms with Crippen LogP contribution < -0.4 is 10.6 Å². The lowest BCUT2D eigenvalue weighted by Crippen LogP contribution is -2.63. The Balaban J connectivity index is 1.63. The molecule has 136 valence electrons. The molecular formula is C20H29N3O2. The molecule has 0 radical (unpaired) electrons. The van der Waals surface area contributed by atoms with Crippen molar-refractivity contribution in [2.24, 2.45) is 0 Å². The van der Waals surface area contributed by atoms with Gasteiger partial charge in [-0.2, -0.15) is 0 Å². The first-order valence-corrected chi connectivity index (χ1v) is 9.11. The van der Waals surface area contributed by atoms with Crippen molar-refractivity contribution in [3.8, 4) is 0 Å². The fourth-order valence-corrected chi connectivity index (χ4v) is 4.48. The quantitative estimate of drug-likeness (QED) is 0.767. The second-order valence-electron chi connectivity index (χ2n) is 8.72. The van der Waals surface area contributed by atoms with E-state index in [0.717, 1.165) is 24.8 Å². The standard InChI is InChI=1S/C20H29N3O2/c1-19(2)11-16(12-20(3,4)22-19)21-17(24)18(25)23-10-9-14-7-5-6-8-15(14)13-23/h5-8,16,22H,9-13H2,1-4H3,(H,21,24). The number of carbonyl (C=O) groups is 2. The Morgan fingerprint density at radius 2 is 1.68 bits per heavy atom. The molecule has 25 heavy (non-hydrogen) atoms. The first-order chi connectivity index (χ1) is 11.7. The van der Waals surface area contributed by atoms with Gasteiger partial charge in [-0.25, -0.2) is 0 Å². The molecule has 2 N–H and O–H groups in total. The number of benzene rings is 1. The van der Waals surface area contributed by atoms with Gasteiger partial charge < -0.3 is 15.5 Å². The highest BCUT2D eigenvalue weighted by Crippen LogP contribution is 2.28. The fraction of sp³-hybridized carbons (Fsp3) is 0.600. The highest BCUT2D eigenvalue weighted by Gasteiger charge is 2.39. The maximum atomic E-state index is 12.6. The van der Waals surface area contributed by atoms with Crippen LogP contribution in [-0.4, -0.2) is 40.4 Å². The molecule has 2 aliphatic heterocycles. The van der Waals surface area contributed by atoms with Gasteiger partial charge in [0.15, 0.2) is 0 Å². The average molecular weight is 343 g/mol. The van der Waals surface area contributed by atoms with Gasteiger partial charge in [-0.15, -0.1) is 0 Å². The van der Waals surface area contributed by atoms with Crippen molar-refractivity contribution in [2.75, 3.05) is 6.54 Å². The Hall–Kier alpha value is -1.88. The summed E-state index contributed by atoms with van der Waals surface area (Å²) >= 11 is 0. The number of hydrogen-bond acceptors (Lipinski definition) is 3. The Bertz CT molecular complexity index is 665. The van der Waals surface area contributed by atoms with Crippen molar-refractivity contribution in [2.45, 2.75) is 70.6 Å². The number of piperidine rings is 1. The van der Waals surface area contributed by atoms with Gasteiger partial charge >= 0.3 is 11.8 Å². The minimum atomic E-state index is -0.474. The van der Waals surface area contributed by atoms with Crippen LogP contribution >= 0.6 is 0 Å². The van der Waals surface area contributed by atoms with Crippen molar-refractivity contribution in [3.05, 3.63) is 35.4 Å². The van der Waals surface area contributed by atoms with E-state index in [1.807, 2.05) is 18.2 Å². The number of hydrogen-bond donors (Lipinski definition) is 2. The van der Waals surface area contributed by atoms with Crippen LogP contribution in [0.25, 0.3) is 0 Å². The third kappa shape index (κ3) is 4.21. The molecular weight excluding hydrogens is 314 g/mol. The summed E-state index contributed by atoms with van der Waals surface area (Å²) in [6.45, 7) is 9.66. The lowest BCUT2D eigenvalue weighted by molar-refractivity contribution is -0.147. The van der Waals surface area contributed by atoms with Gasteiger partial charge in [0.1, 0.15) is 0 Å². The summed E-state index contributed by atoms with van der Waals surface area (Å²) in [5.74, 6) is -0.887. The SMILES string of the molecule is CC1(C)CC(NC(=O)C(=O)N2CCc3ccccc3C2)CC(C)(C)N1. The molecule has 0 atom stereocenters. The van der Waals surface area contributed by atoms with Gasteiger partial charge in [0.05, 0.1) is 0 Å². The molecule has 2 aliphatic rings. The highest BCUT2D eigenvalue weighted by atomic mass is 16.2. The molecule has 0 spiro atoms. The largest absolute Gasteiger partial charge is 0.345 e. The van der Waals surface area contributed by atoms with E-state index in [9.17, 15) is 9.59 Å². The number of rotatable bonds is 1. The number of amides is 2. The summed E-state index contributed by atoms with van der Waals surface area (Å²) < 4.78 is 0. The van der Waals surface area contributed by atoms with Crippen LogP contribution in [0.2, 0.25) is 0 Å². The molecule has 0 bridgehead atoms. The highest BCUT2D eigenvalue weighted by molar-refractivity contribution is 6.35. The van der Waals surface area contributed by atoms with Crippen LogP contribution in [0.15, 0.2) is 24.3 Å². The minimum absolute atomic E-state index is 0.0137. The lowest BCUT2D eigenvalue weighted by Gasteiger charge is -2.46. The summed E-state index contributed by atoms with van der Waals surface area (Å²) in [6.07, 6.45) is 2.44. The monoisotopic (exact) mass is 343 g/mol. The smallest absolute Gasteiger partial charge is 0.312 e. The minimum Gasteiger partial charge on any atom is -0.345 e. The second kappa shape index (κ2) is 6.45. The zero-order valence-corrected chi connectivity index (χ0v) is 15.7. The zero-order valence-electron chi connectivity index (χ0n) is 15.7. The van der Waals surface area contributed by atoms with Crippen molar-refractivity contribution in [3.63, 3.8) is 0 Å². The van der Waals surface area contributed by atoms with Crippen LogP contribution in [-0.2, 0) is 22.6 Å². The van der Waals surface area contributed by atoms with Gasteiger partial charge in [0.2, 0.25) is 0 Å². The van der Waals surface area contributed by atoms with E-state index in [2.05, 4.69) is 44.4 Å². The van der Waals surface area contributed by atoms with Crippen molar-refractivity contribution >= 4 is 11.8 Å².